The zero-order valence-electron chi connectivity index (χ0n) is 15.4. The van der Waals surface area contributed by atoms with Gasteiger partial charge in [-0.3, -0.25) is 9.89 Å². The Labute approximate surface area is 161 Å². The number of alkyl halides is 2. The third-order valence-corrected chi connectivity index (χ3v) is 5.67. The Morgan fingerprint density at radius 2 is 2.00 bits per heavy atom. The lowest BCUT2D eigenvalue weighted by Crippen LogP contribution is -2.52. The summed E-state index contributed by atoms with van der Waals surface area (Å²) in [6, 6.07) is 10.9. The monoisotopic (exact) mass is 391 g/mol. The Morgan fingerprint density at radius 3 is 2.64 bits per heavy atom. The number of carbonyl (C=O) groups is 1. The first-order chi connectivity index (χ1) is 13.5. The number of piperidine rings is 1. The minimum absolute atomic E-state index is 0.00184. The molecule has 0 aliphatic carbocycles. The van der Waals surface area contributed by atoms with E-state index in [4.69, 9.17) is 4.74 Å². The number of aliphatic hydroxyl groups excluding tert-OH is 1. The average molecular weight is 391 g/mol. The Morgan fingerprint density at radius 1 is 1.29 bits per heavy atom. The van der Waals surface area contributed by atoms with Crippen molar-refractivity contribution < 1.29 is 23.4 Å². The fraction of sp³-hybridized carbons (Fsp3) is 0.500. The molecule has 2 fully saturated rings. The molecule has 1 aromatic heterocycles. The van der Waals surface area contributed by atoms with Crippen LogP contribution >= 0.6 is 0 Å². The van der Waals surface area contributed by atoms with Gasteiger partial charge >= 0.3 is 0 Å². The van der Waals surface area contributed by atoms with Gasteiger partial charge in [-0.15, -0.1) is 0 Å². The molecule has 1 spiro atoms. The second-order valence-electron chi connectivity index (χ2n) is 7.60. The highest BCUT2D eigenvalue weighted by Crippen LogP contribution is 2.43. The summed E-state index contributed by atoms with van der Waals surface area (Å²) in [6.07, 6.45) is -1.05. The summed E-state index contributed by atoms with van der Waals surface area (Å²) in [6.45, 7) is 0.869. The first kappa shape index (κ1) is 19.0. The number of H-pyrrole nitrogens is 1. The molecule has 2 aliphatic heterocycles. The van der Waals surface area contributed by atoms with Gasteiger partial charge in [0.15, 0.2) is 5.69 Å². The Kier molecular flexibility index (Phi) is 5.16. The highest BCUT2D eigenvalue weighted by molar-refractivity contribution is 5.92. The number of aromatic amines is 1. The average Bonchev–Trinajstić information content (AvgIpc) is 3.19. The molecule has 1 aromatic carbocycles. The third-order valence-electron chi connectivity index (χ3n) is 5.67. The molecular formula is C20H23F2N3O3. The molecular weight excluding hydrogens is 368 g/mol. The van der Waals surface area contributed by atoms with Gasteiger partial charge in [0.25, 0.3) is 12.3 Å². The van der Waals surface area contributed by atoms with Crippen LogP contribution in [0, 0.1) is 0 Å². The Hall–Kier alpha value is -2.32. The van der Waals surface area contributed by atoms with Crippen LogP contribution in [-0.4, -0.2) is 50.9 Å². The van der Waals surface area contributed by atoms with Crippen molar-refractivity contribution in [2.24, 2.45) is 0 Å². The number of nitrogens with zero attached hydrogens (tertiary/aromatic N) is 2. The Bertz CT molecular complexity index is 819. The highest BCUT2D eigenvalue weighted by Gasteiger charge is 2.44. The molecule has 0 unspecified atom stereocenters. The van der Waals surface area contributed by atoms with Crippen molar-refractivity contribution in [1.29, 1.82) is 0 Å². The van der Waals surface area contributed by atoms with Crippen LogP contribution in [0.15, 0.2) is 36.4 Å². The van der Waals surface area contributed by atoms with E-state index < -0.39 is 18.1 Å². The van der Waals surface area contributed by atoms with Gasteiger partial charge in [0.1, 0.15) is 5.69 Å². The molecule has 0 saturated carbocycles. The maximum Gasteiger partial charge on any atom is 0.279 e. The third kappa shape index (κ3) is 3.79. The zero-order chi connectivity index (χ0) is 19.7. The molecule has 6 nitrogen and oxygen atoms in total. The number of amides is 1. The molecule has 3 heterocycles. The number of hydrogen-bond acceptors (Lipinski definition) is 4. The number of benzene rings is 1. The maximum atomic E-state index is 12.7. The molecule has 28 heavy (non-hydrogen) atoms. The molecule has 0 bridgehead atoms. The predicted molar refractivity (Wildman–Crippen MR) is 96.9 cm³/mol. The summed E-state index contributed by atoms with van der Waals surface area (Å²) in [5.74, 6) is -0.367. The standard InChI is InChI=1S/C20H23F2N3O3/c21-18(22)15-11-16(24-23-15)19(27)25-8-6-20(7-9-25)12-14(26)10-17(28-20)13-4-2-1-3-5-13/h1-5,11,14,17-18,26H,6-10,12H2,(H,23,24)/t14-,17-/m1/s1. The van der Waals surface area contributed by atoms with Crippen molar-refractivity contribution in [3.63, 3.8) is 0 Å². The van der Waals surface area contributed by atoms with E-state index in [2.05, 4.69) is 10.2 Å². The summed E-state index contributed by atoms with van der Waals surface area (Å²) in [7, 11) is 0. The topological polar surface area (TPSA) is 78.5 Å². The number of rotatable bonds is 3. The van der Waals surface area contributed by atoms with E-state index in [9.17, 15) is 18.7 Å². The second-order valence-corrected chi connectivity index (χ2v) is 7.60. The SMILES string of the molecule is O=C(c1cc(C(F)F)[nH]n1)N1CCC2(CC1)C[C@H](O)C[C@H](c1ccccc1)O2. The lowest BCUT2D eigenvalue weighted by molar-refractivity contribution is -0.181. The number of likely N-dealkylation sites (tertiary alicyclic amines) is 1. The van der Waals surface area contributed by atoms with Gasteiger partial charge in [0.05, 0.1) is 17.8 Å². The smallest absolute Gasteiger partial charge is 0.279 e. The minimum Gasteiger partial charge on any atom is -0.393 e. The lowest BCUT2D eigenvalue weighted by atomic mass is 9.81. The van der Waals surface area contributed by atoms with Gasteiger partial charge in [0.2, 0.25) is 0 Å². The molecule has 1 amide bonds. The van der Waals surface area contributed by atoms with Crippen LogP contribution in [0.2, 0.25) is 0 Å². The molecule has 2 aromatic rings. The summed E-state index contributed by atoms with van der Waals surface area (Å²) in [5.41, 5.74) is 0.198. The van der Waals surface area contributed by atoms with E-state index >= 15 is 0 Å². The van der Waals surface area contributed by atoms with E-state index in [-0.39, 0.29) is 23.4 Å². The number of carbonyl (C=O) groups excluding carboxylic acids is 1. The second kappa shape index (κ2) is 7.60. The molecule has 4 rings (SSSR count). The van der Waals surface area contributed by atoms with Crippen LogP contribution in [-0.2, 0) is 4.74 Å². The summed E-state index contributed by atoms with van der Waals surface area (Å²) < 4.78 is 31.8. The van der Waals surface area contributed by atoms with Crippen LogP contribution in [0.5, 0.6) is 0 Å². The van der Waals surface area contributed by atoms with Crippen LogP contribution in [0.25, 0.3) is 0 Å². The summed E-state index contributed by atoms with van der Waals surface area (Å²) >= 11 is 0. The molecule has 8 heteroatoms. The van der Waals surface area contributed by atoms with Gasteiger partial charge in [-0.1, -0.05) is 30.3 Å². The summed E-state index contributed by atoms with van der Waals surface area (Å²) in [4.78, 5) is 14.2. The van der Waals surface area contributed by atoms with Crippen LogP contribution in [0.3, 0.4) is 0 Å². The zero-order valence-corrected chi connectivity index (χ0v) is 15.4. The van der Waals surface area contributed by atoms with Gasteiger partial charge in [-0.2, -0.15) is 5.10 Å². The number of aliphatic hydroxyl groups is 1. The van der Waals surface area contributed by atoms with E-state index in [0.717, 1.165) is 11.6 Å². The van der Waals surface area contributed by atoms with Crippen molar-refractivity contribution in [2.75, 3.05) is 13.1 Å². The maximum absolute atomic E-state index is 12.7. The molecule has 2 atom stereocenters. The van der Waals surface area contributed by atoms with Crippen LogP contribution in [0.1, 0.15) is 60.0 Å². The van der Waals surface area contributed by atoms with Gasteiger partial charge in [-0.05, 0) is 24.5 Å². The van der Waals surface area contributed by atoms with Gasteiger partial charge in [0, 0.05) is 25.9 Å². The largest absolute Gasteiger partial charge is 0.393 e. The fourth-order valence-electron chi connectivity index (χ4n) is 4.19. The van der Waals surface area contributed by atoms with E-state index in [1.807, 2.05) is 30.3 Å². The normalized spacial score (nSPS) is 24.6. The molecule has 0 radical (unpaired) electrons. The first-order valence-corrected chi connectivity index (χ1v) is 9.49. The number of ether oxygens (including phenoxy) is 1. The van der Waals surface area contributed by atoms with Gasteiger partial charge in [-0.25, -0.2) is 8.78 Å². The van der Waals surface area contributed by atoms with Crippen LogP contribution in [0.4, 0.5) is 8.78 Å². The number of hydrogen-bond donors (Lipinski definition) is 2. The number of nitrogens with one attached hydrogen (secondary N) is 1. The van der Waals surface area contributed by atoms with Crippen molar-refractivity contribution in [1.82, 2.24) is 15.1 Å². The minimum atomic E-state index is -2.69. The summed E-state index contributed by atoms with van der Waals surface area (Å²) in [5, 5.41) is 16.3. The van der Waals surface area contributed by atoms with Crippen molar-refractivity contribution >= 4 is 5.91 Å². The molecule has 2 N–H and O–H groups in total. The van der Waals surface area contributed by atoms with E-state index in [0.29, 0.717) is 38.8 Å². The quantitative estimate of drug-likeness (QED) is 0.842. The number of halogens is 2. The van der Waals surface area contributed by atoms with Crippen molar-refractivity contribution in [3.8, 4) is 0 Å². The lowest BCUT2D eigenvalue weighted by Gasteiger charge is -2.48. The van der Waals surface area contributed by atoms with Crippen LogP contribution < -0.4 is 0 Å². The van der Waals surface area contributed by atoms with Crippen molar-refractivity contribution in [2.45, 2.75) is 49.9 Å². The first-order valence-electron chi connectivity index (χ1n) is 9.49. The van der Waals surface area contributed by atoms with Crippen molar-refractivity contribution in [3.05, 3.63) is 53.3 Å². The molecule has 2 aliphatic rings. The fourth-order valence-corrected chi connectivity index (χ4v) is 4.19. The highest BCUT2D eigenvalue weighted by atomic mass is 19.3. The predicted octanol–water partition coefficient (Wildman–Crippen LogP) is 3.23. The number of aromatic nitrogens is 2. The molecule has 150 valence electrons. The van der Waals surface area contributed by atoms with E-state index in [1.54, 1.807) is 4.90 Å². The molecule has 2 saturated heterocycles. The Balaban J connectivity index is 1.42. The van der Waals surface area contributed by atoms with Gasteiger partial charge < -0.3 is 14.7 Å². The van der Waals surface area contributed by atoms with E-state index in [1.165, 1.54) is 0 Å².